The van der Waals surface area contributed by atoms with Gasteiger partial charge in [0.05, 0.1) is 5.92 Å². The van der Waals surface area contributed by atoms with Crippen LogP contribution in [-0.2, 0) is 4.79 Å². The first-order valence-corrected chi connectivity index (χ1v) is 8.34. The number of carbonyl (C=O) groups is 2. The van der Waals surface area contributed by atoms with Crippen LogP contribution in [0.3, 0.4) is 0 Å². The Labute approximate surface area is 150 Å². The molecule has 1 fully saturated rings. The molecule has 0 saturated carbocycles. The normalized spacial score (nSPS) is 17.6. The van der Waals surface area contributed by atoms with E-state index in [4.69, 9.17) is 5.73 Å². The van der Waals surface area contributed by atoms with Crippen LogP contribution >= 0.6 is 12.4 Å². The number of benzene rings is 1. The first-order chi connectivity index (χ1) is 10.9. The molecule has 0 aromatic heterocycles. The summed E-state index contributed by atoms with van der Waals surface area (Å²) < 4.78 is 0. The summed E-state index contributed by atoms with van der Waals surface area (Å²) in [5, 5.41) is 2.83. The maximum absolute atomic E-state index is 12.5. The highest BCUT2D eigenvalue weighted by molar-refractivity contribution is 5.96. The SMILES string of the molecule is CC1CCN(C(=O)c2ccc(NC(=O)C(C)C(C)N)cc2)CC1.Cl. The fourth-order valence-electron chi connectivity index (χ4n) is 2.59. The third kappa shape index (κ3) is 5.21. The number of halogens is 1. The highest BCUT2D eigenvalue weighted by atomic mass is 35.5. The van der Waals surface area contributed by atoms with Gasteiger partial charge in [-0.15, -0.1) is 12.4 Å². The Morgan fingerprint density at radius 2 is 1.71 bits per heavy atom. The number of hydrogen-bond acceptors (Lipinski definition) is 3. The van der Waals surface area contributed by atoms with Crippen molar-refractivity contribution in [1.82, 2.24) is 4.90 Å². The molecular formula is C18H28ClN3O2. The van der Waals surface area contributed by atoms with Crippen LogP contribution in [0.5, 0.6) is 0 Å². The van der Waals surface area contributed by atoms with Crippen molar-refractivity contribution in [2.45, 2.75) is 39.7 Å². The summed E-state index contributed by atoms with van der Waals surface area (Å²) in [7, 11) is 0. The molecule has 1 heterocycles. The van der Waals surface area contributed by atoms with Crippen molar-refractivity contribution >= 4 is 29.9 Å². The molecule has 0 aliphatic carbocycles. The fourth-order valence-corrected chi connectivity index (χ4v) is 2.59. The Hall–Kier alpha value is -1.59. The summed E-state index contributed by atoms with van der Waals surface area (Å²) in [6.45, 7) is 7.48. The van der Waals surface area contributed by atoms with Gasteiger partial charge in [-0.2, -0.15) is 0 Å². The fraction of sp³-hybridized carbons (Fsp3) is 0.556. The molecule has 134 valence electrons. The second kappa shape index (κ2) is 9.04. The molecular weight excluding hydrogens is 326 g/mol. The molecule has 2 amide bonds. The summed E-state index contributed by atoms with van der Waals surface area (Å²) in [5.74, 6) is 0.401. The topological polar surface area (TPSA) is 75.4 Å². The second-order valence-electron chi connectivity index (χ2n) is 6.69. The minimum atomic E-state index is -0.258. The van der Waals surface area contributed by atoms with E-state index >= 15 is 0 Å². The van der Waals surface area contributed by atoms with E-state index in [0.717, 1.165) is 25.9 Å². The van der Waals surface area contributed by atoms with E-state index in [1.54, 1.807) is 31.2 Å². The summed E-state index contributed by atoms with van der Waals surface area (Å²) in [6, 6.07) is 6.88. The van der Waals surface area contributed by atoms with Crippen molar-refractivity contribution in [3.63, 3.8) is 0 Å². The number of likely N-dealkylation sites (tertiary alicyclic amines) is 1. The third-order valence-electron chi connectivity index (χ3n) is 4.67. The van der Waals surface area contributed by atoms with E-state index in [-0.39, 0.29) is 36.2 Å². The molecule has 1 aromatic carbocycles. The zero-order valence-corrected chi connectivity index (χ0v) is 15.4. The van der Waals surface area contributed by atoms with E-state index in [1.807, 2.05) is 11.8 Å². The smallest absolute Gasteiger partial charge is 0.253 e. The molecule has 2 atom stereocenters. The van der Waals surface area contributed by atoms with Gasteiger partial charge < -0.3 is 16.0 Å². The summed E-state index contributed by atoms with van der Waals surface area (Å²) in [4.78, 5) is 26.4. The Morgan fingerprint density at radius 3 is 2.21 bits per heavy atom. The molecule has 5 nitrogen and oxygen atoms in total. The zero-order valence-electron chi connectivity index (χ0n) is 14.6. The molecule has 24 heavy (non-hydrogen) atoms. The van der Waals surface area contributed by atoms with Crippen LogP contribution in [0.4, 0.5) is 5.69 Å². The molecule has 0 bridgehead atoms. The molecule has 1 aliphatic heterocycles. The lowest BCUT2D eigenvalue weighted by atomic mass is 9.98. The number of anilines is 1. The lowest BCUT2D eigenvalue weighted by Crippen LogP contribution is -2.37. The van der Waals surface area contributed by atoms with Gasteiger partial charge in [-0.05, 0) is 49.9 Å². The van der Waals surface area contributed by atoms with Crippen LogP contribution in [0.25, 0.3) is 0 Å². The van der Waals surface area contributed by atoms with Crippen LogP contribution in [0, 0.1) is 11.8 Å². The monoisotopic (exact) mass is 353 g/mol. The van der Waals surface area contributed by atoms with Gasteiger partial charge in [0.15, 0.2) is 0 Å². The molecule has 0 radical (unpaired) electrons. The number of amides is 2. The number of piperidine rings is 1. The first-order valence-electron chi connectivity index (χ1n) is 8.34. The van der Waals surface area contributed by atoms with Crippen molar-refractivity contribution in [3.05, 3.63) is 29.8 Å². The molecule has 3 N–H and O–H groups in total. The van der Waals surface area contributed by atoms with Crippen LogP contribution in [0.1, 0.15) is 44.0 Å². The highest BCUT2D eigenvalue weighted by Gasteiger charge is 2.21. The number of rotatable bonds is 4. The van der Waals surface area contributed by atoms with E-state index in [1.165, 1.54) is 0 Å². The Morgan fingerprint density at radius 1 is 1.17 bits per heavy atom. The number of carbonyl (C=O) groups excluding carboxylic acids is 2. The molecule has 0 spiro atoms. The molecule has 1 aromatic rings. The van der Waals surface area contributed by atoms with Gasteiger partial charge in [0.2, 0.25) is 5.91 Å². The Bertz CT molecular complexity index is 552. The van der Waals surface area contributed by atoms with Crippen LogP contribution in [-0.4, -0.2) is 35.8 Å². The van der Waals surface area contributed by atoms with Gasteiger partial charge in [0.25, 0.3) is 5.91 Å². The van der Waals surface area contributed by atoms with E-state index in [9.17, 15) is 9.59 Å². The molecule has 1 aliphatic rings. The van der Waals surface area contributed by atoms with Crippen molar-refractivity contribution in [2.24, 2.45) is 17.6 Å². The van der Waals surface area contributed by atoms with Gasteiger partial charge >= 0.3 is 0 Å². The Balaban J connectivity index is 0.00000288. The minimum absolute atomic E-state index is 0. The van der Waals surface area contributed by atoms with Gasteiger partial charge in [0.1, 0.15) is 0 Å². The van der Waals surface area contributed by atoms with Crippen LogP contribution in [0.2, 0.25) is 0 Å². The zero-order chi connectivity index (χ0) is 17.0. The summed E-state index contributed by atoms with van der Waals surface area (Å²) in [6.07, 6.45) is 2.13. The van der Waals surface area contributed by atoms with E-state index in [2.05, 4.69) is 12.2 Å². The van der Waals surface area contributed by atoms with Crippen molar-refractivity contribution < 1.29 is 9.59 Å². The van der Waals surface area contributed by atoms with Crippen molar-refractivity contribution in [1.29, 1.82) is 0 Å². The lowest BCUT2D eigenvalue weighted by Gasteiger charge is -2.30. The Kier molecular flexibility index (Phi) is 7.70. The van der Waals surface area contributed by atoms with Gasteiger partial charge in [-0.1, -0.05) is 13.8 Å². The maximum Gasteiger partial charge on any atom is 0.253 e. The first kappa shape index (κ1) is 20.5. The molecule has 6 heteroatoms. The third-order valence-corrected chi connectivity index (χ3v) is 4.67. The van der Waals surface area contributed by atoms with Crippen LogP contribution in [0.15, 0.2) is 24.3 Å². The number of nitrogens with one attached hydrogen (secondary N) is 1. The highest BCUT2D eigenvalue weighted by Crippen LogP contribution is 2.19. The van der Waals surface area contributed by atoms with E-state index in [0.29, 0.717) is 17.2 Å². The van der Waals surface area contributed by atoms with Gasteiger partial charge in [-0.25, -0.2) is 0 Å². The summed E-state index contributed by atoms with van der Waals surface area (Å²) in [5.41, 5.74) is 7.09. The van der Waals surface area contributed by atoms with Crippen molar-refractivity contribution in [2.75, 3.05) is 18.4 Å². The second-order valence-corrected chi connectivity index (χ2v) is 6.69. The number of nitrogens with zero attached hydrogens (tertiary/aromatic N) is 1. The largest absolute Gasteiger partial charge is 0.339 e. The standard InChI is InChI=1S/C18H27N3O2.ClH/c1-12-8-10-21(11-9-12)18(23)15-4-6-16(7-5-15)20-17(22)13(2)14(3)19;/h4-7,12-14H,8-11,19H2,1-3H3,(H,20,22);1H. The number of nitrogens with two attached hydrogens (primary N) is 1. The average Bonchev–Trinajstić information content (AvgIpc) is 2.54. The molecule has 1 saturated heterocycles. The molecule has 2 unspecified atom stereocenters. The predicted molar refractivity (Wildman–Crippen MR) is 99.4 cm³/mol. The quantitative estimate of drug-likeness (QED) is 0.873. The number of hydrogen-bond donors (Lipinski definition) is 2. The lowest BCUT2D eigenvalue weighted by molar-refractivity contribution is -0.119. The minimum Gasteiger partial charge on any atom is -0.339 e. The predicted octanol–water partition coefficient (Wildman–Crippen LogP) is 2.90. The van der Waals surface area contributed by atoms with E-state index < -0.39 is 0 Å². The average molecular weight is 354 g/mol. The molecule has 2 rings (SSSR count). The van der Waals surface area contributed by atoms with Crippen molar-refractivity contribution in [3.8, 4) is 0 Å². The van der Waals surface area contributed by atoms with Gasteiger partial charge in [-0.3, -0.25) is 9.59 Å². The van der Waals surface area contributed by atoms with Crippen LogP contribution < -0.4 is 11.1 Å². The van der Waals surface area contributed by atoms with Gasteiger partial charge in [0, 0.05) is 30.4 Å². The summed E-state index contributed by atoms with van der Waals surface area (Å²) >= 11 is 0. The maximum atomic E-state index is 12.5.